The van der Waals surface area contributed by atoms with Crippen molar-refractivity contribution < 1.29 is 4.92 Å². The second-order valence-electron chi connectivity index (χ2n) is 6.37. The van der Waals surface area contributed by atoms with Gasteiger partial charge in [-0.2, -0.15) is 0 Å². The molecule has 1 unspecified atom stereocenters. The van der Waals surface area contributed by atoms with E-state index in [-0.39, 0.29) is 16.7 Å². The van der Waals surface area contributed by atoms with Crippen molar-refractivity contribution in [2.24, 2.45) is 0 Å². The van der Waals surface area contributed by atoms with E-state index in [1.165, 1.54) is 0 Å². The molecule has 0 saturated heterocycles. The molecule has 27 heavy (non-hydrogen) atoms. The topological polar surface area (TPSA) is 61.0 Å². The van der Waals surface area contributed by atoms with Gasteiger partial charge in [0.2, 0.25) is 0 Å². The van der Waals surface area contributed by atoms with E-state index < -0.39 is 0 Å². The van der Waals surface area contributed by atoms with Gasteiger partial charge < -0.3 is 4.57 Å². The number of halogens is 2. The average molecular weight is 404 g/mol. The number of benzene rings is 2. The van der Waals surface area contributed by atoms with E-state index in [0.717, 1.165) is 29.5 Å². The molecule has 0 aliphatic heterocycles. The van der Waals surface area contributed by atoms with Crippen LogP contribution in [0.5, 0.6) is 0 Å². The highest BCUT2D eigenvalue weighted by molar-refractivity contribution is 6.35. The summed E-state index contributed by atoms with van der Waals surface area (Å²) in [6.45, 7) is 2.09. The Labute approximate surface area is 167 Å². The van der Waals surface area contributed by atoms with Gasteiger partial charge in [-0.05, 0) is 41.7 Å². The highest BCUT2D eigenvalue weighted by Gasteiger charge is 2.20. The Kier molecular flexibility index (Phi) is 6.14. The molecule has 140 valence electrons. The monoisotopic (exact) mass is 403 g/mol. The van der Waals surface area contributed by atoms with Gasteiger partial charge in [0.25, 0.3) is 5.69 Å². The molecule has 5 nitrogen and oxygen atoms in total. The number of non-ortho nitro benzene ring substituents is 1. The molecule has 0 aliphatic carbocycles. The first kappa shape index (κ1) is 19.4. The molecule has 0 saturated carbocycles. The van der Waals surface area contributed by atoms with Gasteiger partial charge in [0.05, 0.1) is 17.3 Å². The Bertz CT molecular complexity index is 942. The van der Waals surface area contributed by atoms with Crippen LogP contribution in [0.25, 0.3) is 0 Å². The molecular weight excluding hydrogens is 385 g/mol. The predicted molar refractivity (Wildman–Crippen MR) is 108 cm³/mol. The molecule has 2 aromatic carbocycles. The van der Waals surface area contributed by atoms with E-state index in [1.54, 1.807) is 36.8 Å². The molecule has 0 fully saturated rings. The van der Waals surface area contributed by atoms with Crippen LogP contribution in [0, 0.1) is 10.1 Å². The van der Waals surface area contributed by atoms with E-state index >= 15 is 0 Å². The van der Waals surface area contributed by atoms with Crippen LogP contribution in [0.15, 0.2) is 55.1 Å². The van der Waals surface area contributed by atoms with Gasteiger partial charge in [-0.1, -0.05) is 48.7 Å². The highest BCUT2D eigenvalue weighted by atomic mass is 35.5. The van der Waals surface area contributed by atoms with Crippen molar-refractivity contribution >= 4 is 28.9 Å². The normalized spacial score (nSPS) is 12.1. The molecule has 0 aliphatic rings. The lowest BCUT2D eigenvalue weighted by atomic mass is 9.92. The maximum atomic E-state index is 11.3. The van der Waals surface area contributed by atoms with Crippen LogP contribution < -0.4 is 0 Å². The Morgan fingerprint density at radius 1 is 1.19 bits per heavy atom. The lowest BCUT2D eigenvalue weighted by molar-refractivity contribution is -0.385. The summed E-state index contributed by atoms with van der Waals surface area (Å²) in [6, 6.07) is 10.4. The first-order chi connectivity index (χ1) is 13.0. The number of imidazole rings is 1. The Hall–Kier alpha value is -2.37. The molecule has 0 radical (unpaired) electrons. The van der Waals surface area contributed by atoms with E-state index in [1.807, 2.05) is 22.9 Å². The van der Waals surface area contributed by atoms with Crippen LogP contribution in [0.2, 0.25) is 10.0 Å². The summed E-state index contributed by atoms with van der Waals surface area (Å²) < 4.78 is 2.00. The summed E-state index contributed by atoms with van der Waals surface area (Å²) >= 11 is 12.3. The summed E-state index contributed by atoms with van der Waals surface area (Å²) in [5.41, 5.74) is 2.92. The van der Waals surface area contributed by atoms with E-state index in [2.05, 4.69) is 11.9 Å². The Morgan fingerprint density at radius 3 is 2.59 bits per heavy atom. The maximum Gasteiger partial charge on any atom is 0.269 e. The van der Waals surface area contributed by atoms with Crippen molar-refractivity contribution in [3.05, 3.63) is 92.0 Å². The molecular formula is C20H19Cl2N3O2. The second kappa shape index (κ2) is 8.55. The second-order valence-corrected chi connectivity index (χ2v) is 7.21. The van der Waals surface area contributed by atoms with E-state index in [9.17, 15) is 10.1 Å². The smallest absolute Gasteiger partial charge is 0.269 e. The van der Waals surface area contributed by atoms with Crippen LogP contribution in [0.4, 0.5) is 5.69 Å². The van der Waals surface area contributed by atoms with Crippen molar-refractivity contribution in [3.8, 4) is 0 Å². The average Bonchev–Trinajstić information content (AvgIpc) is 3.16. The van der Waals surface area contributed by atoms with Crippen molar-refractivity contribution in [1.82, 2.24) is 9.55 Å². The summed E-state index contributed by atoms with van der Waals surface area (Å²) in [7, 11) is 0. The maximum absolute atomic E-state index is 11.3. The molecule has 1 heterocycles. The third kappa shape index (κ3) is 4.49. The van der Waals surface area contributed by atoms with Crippen LogP contribution in [-0.4, -0.2) is 14.5 Å². The van der Waals surface area contributed by atoms with Gasteiger partial charge in [-0.25, -0.2) is 4.98 Å². The number of rotatable bonds is 7. The molecule has 0 spiro atoms. The lowest BCUT2D eigenvalue weighted by Gasteiger charge is -2.22. The van der Waals surface area contributed by atoms with Gasteiger partial charge in [0.1, 0.15) is 0 Å². The van der Waals surface area contributed by atoms with E-state index in [4.69, 9.17) is 23.2 Å². The third-order valence-electron chi connectivity index (χ3n) is 4.54. The molecule has 0 N–H and O–H groups in total. The largest absolute Gasteiger partial charge is 0.330 e. The highest BCUT2D eigenvalue weighted by Crippen LogP contribution is 2.32. The minimum absolute atomic E-state index is 0.0292. The minimum Gasteiger partial charge on any atom is -0.330 e. The van der Waals surface area contributed by atoms with Gasteiger partial charge in [0.15, 0.2) is 0 Å². The van der Waals surface area contributed by atoms with Crippen LogP contribution in [0.1, 0.15) is 42.5 Å². The Morgan fingerprint density at radius 2 is 1.96 bits per heavy atom. The Balaban J connectivity index is 2.08. The SMILES string of the molecule is CCCC(c1cc([N+](=O)[O-])ccc1Cc1ccc(Cl)cc1Cl)n1ccnc1. The molecule has 0 bridgehead atoms. The predicted octanol–water partition coefficient (Wildman–Crippen LogP) is 6.08. The number of hydrogen-bond donors (Lipinski definition) is 0. The summed E-state index contributed by atoms with van der Waals surface area (Å²) in [6.07, 6.45) is 7.70. The molecule has 3 rings (SSSR count). The van der Waals surface area contributed by atoms with Gasteiger partial charge >= 0.3 is 0 Å². The van der Waals surface area contributed by atoms with Gasteiger partial charge in [-0.3, -0.25) is 10.1 Å². The molecule has 3 aromatic rings. The number of nitrogens with zero attached hydrogens (tertiary/aromatic N) is 3. The number of aromatic nitrogens is 2. The van der Waals surface area contributed by atoms with Crippen molar-refractivity contribution in [2.75, 3.05) is 0 Å². The zero-order valence-electron chi connectivity index (χ0n) is 14.8. The van der Waals surface area contributed by atoms with Crippen LogP contribution in [0.3, 0.4) is 0 Å². The summed E-state index contributed by atoms with van der Waals surface area (Å²) in [5.74, 6) is 0. The number of nitro benzene ring substituents is 1. The van der Waals surface area contributed by atoms with Gasteiger partial charge in [0, 0.05) is 34.6 Å². The van der Waals surface area contributed by atoms with Crippen molar-refractivity contribution in [3.63, 3.8) is 0 Å². The first-order valence-corrected chi connectivity index (χ1v) is 9.43. The number of nitro groups is 1. The fourth-order valence-electron chi connectivity index (χ4n) is 3.23. The molecule has 1 aromatic heterocycles. The van der Waals surface area contributed by atoms with Gasteiger partial charge in [-0.15, -0.1) is 0 Å². The van der Waals surface area contributed by atoms with Crippen molar-refractivity contribution in [1.29, 1.82) is 0 Å². The van der Waals surface area contributed by atoms with E-state index in [0.29, 0.717) is 16.5 Å². The molecule has 7 heteroatoms. The standard InChI is InChI=1S/C20H19Cl2N3O2/c1-2-3-20(24-9-8-23-13-24)18-12-17(25(26)27)7-5-14(18)10-15-4-6-16(21)11-19(15)22/h4-9,11-13,20H,2-3,10H2,1H3. The van der Waals surface area contributed by atoms with Crippen LogP contribution in [-0.2, 0) is 6.42 Å². The third-order valence-corrected chi connectivity index (χ3v) is 5.13. The fourth-order valence-corrected chi connectivity index (χ4v) is 3.71. The minimum atomic E-state index is -0.362. The molecule has 1 atom stereocenters. The quantitative estimate of drug-likeness (QED) is 0.354. The zero-order valence-corrected chi connectivity index (χ0v) is 16.3. The summed E-state index contributed by atoms with van der Waals surface area (Å²) in [5, 5.41) is 12.5. The lowest BCUT2D eigenvalue weighted by Crippen LogP contribution is -2.12. The fraction of sp³-hybridized carbons (Fsp3) is 0.250. The number of hydrogen-bond acceptors (Lipinski definition) is 3. The zero-order chi connectivity index (χ0) is 19.4. The summed E-state index contributed by atoms with van der Waals surface area (Å²) in [4.78, 5) is 15.1. The van der Waals surface area contributed by atoms with Crippen LogP contribution >= 0.6 is 23.2 Å². The molecule has 0 amide bonds. The van der Waals surface area contributed by atoms with Crippen molar-refractivity contribution in [2.45, 2.75) is 32.2 Å². The first-order valence-electron chi connectivity index (χ1n) is 8.68.